The molecule has 116 valence electrons. The molecule has 2 atom stereocenters. The summed E-state index contributed by atoms with van der Waals surface area (Å²) in [5.41, 5.74) is 0. The van der Waals surface area contributed by atoms with E-state index in [1.165, 1.54) is 25.7 Å². The van der Waals surface area contributed by atoms with Gasteiger partial charge in [-0.25, -0.2) is 0 Å². The van der Waals surface area contributed by atoms with Crippen molar-refractivity contribution in [2.75, 3.05) is 19.6 Å². The van der Waals surface area contributed by atoms with Gasteiger partial charge in [-0.3, -0.25) is 4.79 Å². The lowest BCUT2D eigenvalue weighted by atomic mass is 10.1. The minimum atomic E-state index is -0.0287. The van der Waals surface area contributed by atoms with Gasteiger partial charge in [-0.1, -0.05) is 26.7 Å². The highest BCUT2D eigenvalue weighted by atomic mass is 16.2. The van der Waals surface area contributed by atoms with Gasteiger partial charge in [0.1, 0.15) is 0 Å². The first-order valence-corrected chi connectivity index (χ1v) is 8.35. The summed E-state index contributed by atoms with van der Waals surface area (Å²) in [7, 11) is 0. The minimum absolute atomic E-state index is 0.0287. The summed E-state index contributed by atoms with van der Waals surface area (Å²) < 4.78 is 0. The molecule has 2 aliphatic rings. The Labute approximate surface area is 123 Å². The zero-order chi connectivity index (χ0) is 14.5. The van der Waals surface area contributed by atoms with Crippen LogP contribution in [0.2, 0.25) is 0 Å². The highest BCUT2D eigenvalue weighted by Gasteiger charge is 2.32. The lowest BCUT2D eigenvalue weighted by Crippen LogP contribution is -2.60. The number of amides is 1. The standard InChI is InChI=1S/C16H31N3O/c1-12(2)8-9-19(14-6-4-5-7-14)16(20)15-11-17-13(3)10-18-15/h12-15,17-18H,4-11H2,1-3H3. The van der Waals surface area contributed by atoms with Crippen molar-refractivity contribution < 1.29 is 4.79 Å². The Balaban J connectivity index is 1.95. The molecule has 0 aromatic carbocycles. The van der Waals surface area contributed by atoms with Crippen LogP contribution in [-0.4, -0.2) is 48.6 Å². The molecule has 2 N–H and O–H groups in total. The number of piperazine rings is 1. The first-order chi connectivity index (χ1) is 9.58. The van der Waals surface area contributed by atoms with Crippen LogP contribution >= 0.6 is 0 Å². The first kappa shape index (κ1) is 15.8. The second-order valence-corrected chi connectivity index (χ2v) is 6.92. The van der Waals surface area contributed by atoms with Gasteiger partial charge in [-0.15, -0.1) is 0 Å². The fourth-order valence-corrected chi connectivity index (χ4v) is 3.24. The van der Waals surface area contributed by atoms with E-state index < -0.39 is 0 Å². The predicted molar refractivity (Wildman–Crippen MR) is 82.7 cm³/mol. The average molecular weight is 281 g/mol. The summed E-state index contributed by atoms with van der Waals surface area (Å²) in [4.78, 5) is 15.0. The molecule has 1 saturated carbocycles. The van der Waals surface area contributed by atoms with E-state index >= 15 is 0 Å². The molecule has 4 nitrogen and oxygen atoms in total. The van der Waals surface area contributed by atoms with Crippen LogP contribution in [0.1, 0.15) is 52.9 Å². The lowest BCUT2D eigenvalue weighted by molar-refractivity contribution is -0.136. The smallest absolute Gasteiger partial charge is 0.241 e. The number of carbonyl (C=O) groups excluding carboxylic acids is 1. The van der Waals surface area contributed by atoms with Gasteiger partial charge in [0, 0.05) is 31.7 Å². The van der Waals surface area contributed by atoms with E-state index in [1.807, 2.05) is 0 Å². The summed E-state index contributed by atoms with van der Waals surface area (Å²) >= 11 is 0. The van der Waals surface area contributed by atoms with Gasteiger partial charge in [-0.2, -0.15) is 0 Å². The molecule has 0 bridgehead atoms. The van der Waals surface area contributed by atoms with E-state index in [9.17, 15) is 4.79 Å². The average Bonchev–Trinajstić information content (AvgIpc) is 2.93. The third-order valence-corrected chi connectivity index (χ3v) is 4.63. The topological polar surface area (TPSA) is 44.4 Å². The summed E-state index contributed by atoms with van der Waals surface area (Å²) in [5, 5.41) is 6.82. The quantitative estimate of drug-likeness (QED) is 0.807. The zero-order valence-electron chi connectivity index (χ0n) is 13.3. The SMILES string of the molecule is CC(C)CCN(C(=O)C1CNC(C)CN1)C1CCCC1. The van der Waals surface area contributed by atoms with Crippen molar-refractivity contribution in [1.82, 2.24) is 15.5 Å². The van der Waals surface area contributed by atoms with Crippen molar-refractivity contribution in [2.45, 2.75) is 71.0 Å². The number of carbonyl (C=O) groups is 1. The van der Waals surface area contributed by atoms with Crippen LogP contribution < -0.4 is 10.6 Å². The summed E-state index contributed by atoms with van der Waals surface area (Å²) in [6.07, 6.45) is 6.06. The molecular formula is C16H31N3O. The summed E-state index contributed by atoms with van der Waals surface area (Å²) in [6, 6.07) is 0.927. The molecule has 1 amide bonds. The molecule has 2 unspecified atom stereocenters. The van der Waals surface area contributed by atoms with Crippen molar-refractivity contribution in [2.24, 2.45) is 5.92 Å². The molecule has 1 heterocycles. The van der Waals surface area contributed by atoms with Gasteiger partial charge >= 0.3 is 0 Å². The Kier molecular flexibility index (Phi) is 5.85. The van der Waals surface area contributed by atoms with Crippen molar-refractivity contribution in [3.05, 3.63) is 0 Å². The zero-order valence-corrected chi connectivity index (χ0v) is 13.3. The van der Waals surface area contributed by atoms with Crippen LogP contribution in [0.25, 0.3) is 0 Å². The van der Waals surface area contributed by atoms with Crippen LogP contribution in [0.3, 0.4) is 0 Å². The molecule has 0 spiro atoms. The van der Waals surface area contributed by atoms with Gasteiger partial charge in [0.2, 0.25) is 5.91 Å². The fraction of sp³-hybridized carbons (Fsp3) is 0.938. The van der Waals surface area contributed by atoms with Gasteiger partial charge in [-0.05, 0) is 32.1 Å². The van der Waals surface area contributed by atoms with Gasteiger partial charge in [0.25, 0.3) is 0 Å². The normalized spacial score (nSPS) is 28.0. The largest absolute Gasteiger partial charge is 0.338 e. The first-order valence-electron chi connectivity index (χ1n) is 8.35. The molecule has 20 heavy (non-hydrogen) atoms. The maximum Gasteiger partial charge on any atom is 0.241 e. The number of hydrogen-bond donors (Lipinski definition) is 2. The Morgan fingerprint density at radius 3 is 2.45 bits per heavy atom. The molecule has 0 aromatic rings. The van der Waals surface area contributed by atoms with Crippen molar-refractivity contribution in [1.29, 1.82) is 0 Å². The number of rotatable bonds is 5. The lowest BCUT2D eigenvalue weighted by Gasteiger charge is -2.36. The molecule has 2 rings (SSSR count). The molecule has 1 aliphatic heterocycles. The molecule has 0 radical (unpaired) electrons. The van der Waals surface area contributed by atoms with Crippen LogP contribution in [-0.2, 0) is 4.79 Å². The molecule has 4 heteroatoms. The predicted octanol–water partition coefficient (Wildman–Crippen LogP) is 1.75. The molecule has 1 saturated heterocycles. The van der Waals surface area contributed by atoms with Crippen molar-refractivity contribution in [3.63, 3.8) is 0 Å². The maximum atomic E-state index is 12.8. The van der Waals surface area contributed by atoms with Gasteiger partial charge in [0.15, 0.2) is 0 Å². The second-order valence-electron chi connectivity index (χ2n) is 6.92. The molecule has 0 aromatic heterocycles. The van der Waals surface area contributed by atoms with E-state index in [0.29, 0.717) is 23.9 Å². The Bertz CT molecular complexity index is 305. The number of nitrogens with zero attached hydrogens (tertiary/aromatic N) is 1. The van der Waals surface area contributed by atoms with Crippen LogP contribution in [0, 0.1) is 5.92 Å². The third-order valence-electron chi connectivity index (χ3n) is 4.63. The maximum absolute atomic E-state index is 12.8. The molecule has 1 aliphatic carbocycles. The summed E-state index contributed by atoms with van der Waals surface area (Å²) in [6.45, 7) is 9.21. The van der Waals surface area contributed by atoms with E-state index in [4.69, 9.17) is 0 Å². The fourth-order valence-electron chi connectivity index (χ4n) is 3.24. The monoisotopic (exact) mass is 281 g/mol. The van der Waals surface area contributed by atoms with E-state index in [-0.39, 0.29) is 6.04 Å². The van der Waals surface area contributed by atoms with Crippen molar-refractivity contribution >= 4 is 5.91 Å². The Morgan fingerprint density at radius 2 is 1.90 bits per heavy atom. The van der Waals surface area contributed by atoms with Gasteiger partial charge in [0.05, 0.1) is 6.04 Å². The highest BCUT2D eigenvalue weighted by molar-refractivity contribution is 5.82. The minimum Gasteiger partial charge on any atom is -0.338 e. The van der Waals surface area contributed by atoms with E-state index in [0.717, 1.165) is 26.1 Å². The third kappa shape index (κ3) is 4.19. The second kappa shape index (κ2) is 7.41. The Hall–Kier alpha value is -0.610. The van der Waals surface area contributed by atoms with E-state index in [1.54, 1.807) is 0 Å². The highest BCUT2D eigenvalue weighted by Crippen LogP contribution is 2.25. The number of nitrogens with one attached hydrogen (secondary N) is 2. The van der Waals surface area contributed by atoms with Crippen LogP contribution in [0.5, 0.6) is 0 Å². The Morgan fingerprint density at radius 1 is 1.20 bits per heavy atom. The van der Waals surface area contributed by atoms with E-state index in [2.05, 4.69) is 36.3 Å². The van der Waals surface area contributed by atoms with Crippen LogP contribution in [0.15, 0.2) is 0 Å². The molecular weight excluding hydrogens is 250 g/mol. The van der Waals surface area contributed by atoms with Gasteiger partial charge < -0.3 is 15.5 Å². The van der Waals surface area contributed by atoms with Crippen molar-refractivity contribution in [3.8, 4) is 0 Å². The van der Waals surface area contributed by atoms with Crippen LogP contribution in [0.4, 0.5) is 0 Å². The molecule has 2 fully saturated rings. The summed E-state index contributed by atoms with van der Waals surface area (Å²) in [5.74, 6) is 0.973. The number of hydrogen-bond acceptors (Lipinski definition) is 3.